The molecule has 1 aliphatic carbocycles. The number of aromatic hydroxyl groups is 1. The van der Waals surface area contributed by atoms with E-state index in [-0.39, 0.29) is 24.3 Å². The van der Waals surface area contributed by atoms with Crippen LogP contribution in [-0.4, -0.2) is 17.6 Å². The average Bonchev–Trinajstić information content (AvgIpc) is 2.92. The number of halogens is 2. The summed E-state index contributed by atoms with van der Waals surface area (Å²) in [6.07, 6.45) is -0.294. The van der Waals surface area contributed by atoms with E-state index < -0.39 is 11.3 Å². The number of nitrogens with two attached hydrogens (primary N) is 1. The second-order valence-corrected chi connectivity index (χ2v) is 4.85. The van der Waals surface area contributed by atoms with Crippen LogP contribution in [0, 0.1) is 0 Å². The monoisotopic (exact) mass is 249 g/mol. The van der Waals surface area contributed by atoms with E-state index >= 15 is 0 Å². The zero-order valence-electron chi connectivity index (χ0n) is 9.66. The highest BCUT2D eigenvalue weighted by Crippen LogP contribution is 2.63. The molecule has 0 saturated heterocycles. The van der Waals surface area contributed by atoms with Gasteiger partial charge in [0.15, 0.2) is 0 Å². The van der Waals surface area contributed by atoms with Crippen LogP contribution in [0.3, 0.4) is 0 Å². The summed E-state index contributed by atoms with van der Waals surface area (Å²) in [6.45, 7) is -0.165. The zero-order valence-corrected chi connectivity index (χ0v) is 9.66. The lowest BCUT2D eigenvalue weighted by Gasteiger charge is -2.18. The molecule has 1 aliphatic rings. The third-order valence-corrected chi connectivity index (χ3v) is 3.83. The predicted molar refractivity (Wildman–Crippen MR) is 65.9 cm³/mol. The van der Waals surface area contributed by atoms with Gasteiger partial charge in [-0.25, -0.2) is 8.78 Å². The molecule has 2 nitrogen and oxygen atoms in total. The van der Waals surface area contributed by atoms with Gasteiger partial charge in [-0.05, 0) is 16.8 Å². The van der Waals surface area contributed by atoms with Gasteiger partial charge in [-0.3, -0.25) is 0 Å². The Morgan fingerprint density at radius 3 is 2.44 bits per heavy atom. The van der Waals surface area contributed by atoms with Crippen molar-refractivity contribution in [2.24, 2.45) is 5.73 Å². The van der Waals surface area contributed by atoms with Gasteiger partial charge >= 0.3 is 0 Å². The lowest BCUT2D eigenvalue weighted by atomic mass is 9.89. The minimum Gasteiger partial charge on any atom is -0.508 e. The van der Waals surface area contributed by atoms with E-state index in [1.807, 2.05) is 12.1 Å². The summed E-state index contributed by atoms with van der Waals surface area (Å²) in [4.78, 5) is 0. The summed E-state index contributed by atoms with van der Waals surface area (Å²) in [7, 11) is 0. The van der Waals surface area contributed by atoms with Crippen LogP contribution < -0.4 is 5.73 Å². The fourth-order valence-electron chi connectivity index (χ4n) is 2.69. The molecule has 1 saturated carbocycles. The first-order chi connectivity index (χ1) is 8.52. The van der Waals surface area contributed by atoms with Crippen LogP contribution in [0.4, 0.5) is 8.78 Å². The van der Waals surface area contributed by atoms with Gasteiger partial charge in [-0.2, -0.15) is 0 Å². The number of rotatable bonds is 2. The molecule has 94 valence electrons. The molecule has 2 aromatic rings. The van der Waals surface area contributed by atoms with E-state index in [2.05, 4.69) is 0 Å². The lowest BCUT2D eigenvalue weighted by Crippen LogP contribution is -2.27. The SMILES string of the molecule is NCC1(c2c(O)ccc3ccccc23)CC1(F)F. The molecule has 3 N–H and O–H groups in total. The summed E-state index contributed by atoms with van der Waals surface area (Å²) in [6, 6.07) is 10.4. The van der Waals surface area contributed by atoms with Crippen molar-refractivity contribution in [1.29, 1.82) is 0 Å². The number of fused-ring (bicyclic) bond motifs is 1. The van der Waals surface area contributed by atoms with Gasteiger partial charge in [0.25, 0.3) is 5.92 Å². The largest absolute Gasteiger partial charge is 0.508 e. The molecule has 0 spiro atoms. The third-order valence-electron chi connectivity index (χ3n) is 3.83. The molecule has 18 heavy (non-hydrogen) atoms. The lowest BCUT2D eigenvalue weighted by molar-refractivity contribution is 0.0893. The topological polar surface area (TPSA) is 46.2 Å². The summed E-state index contributed by atoms with van der Waals surface area (Å²) in [5, 5.41) is 11.4. The second kappa shape index (κ2) is 3.42. The van der Waals surface area contributed by atoms with E-state index in [0.29, 0.717) is 5.39 Å². The van der Waals surface area contributed by atoms with Crippen molar-refractivity contribution in [2.45, 2.75) is 17.8 Å². The minimum absolute atomic E-state index is 0.101. The molecule has 0 aromatic heterocycles. The second-order valence-electron chi connectivity index (χ2n) is 4.85. The highest BCUT2D eigenvalue weighted by molar-refractivity contribution is 5.89. The first-order valence-corrected chi connectivity index (χ1v) is 5.81. The standard InChI is InChI=1S/C14H13F2NO/c15-14(16)7-13(14,8-17)12-10-4-2-1-3-9(10)5-6-11(12)18/h1-6,18H,7-8,17H2. The van der Waals surface area contributed by atoms with E-state index in [1.54, 1.807) is 18.2 Å². The minimum atomic E-state index is -2.83. The Hall–Kier alpha value is -1.68. The van der Waals surface area contributed by atoms with Crippen molar-refractivity contribution in [3.05, 3.63) is 42.0 Å². The van der Waals surface area contributed by atoms with Crippen molar-refractivity contribution in [3.8, 4) is 5.75 Å². The highest BCUT2D eigenvalue weighted by Gasteiger charge is 2.72. The van der Waals surface area contributed by atoms with Crippen LogP contribution in [0.2, 0.25) is 0 Å². The maximum Gasteiger partial charge on any atom is 0.260 e. The molecule has 0 radical (unpaired) electrons. The van der Waals surface area contributed by atoms with Crippen molar-refractivity contribution >= 4 is 10.8 Å². The first kappa shape index (κ1) is 11.4. The Bertz CT molecular complexity index is 626. The maximum atomic E-state index is 13.7. The Morgan fingerprint density at radius 1 is 1.17 bits per heavy atom. The number of benzene rings is 2. The molecule has 1 fully saturated rings. The quantitative estimate of drug-likeness (QED) is 0.859. The van der Waals surface area contributed by atoms with Crippen LogP contribution in [-0.2, 0) is 5.41 Å². The molecule has 0 amide bonds. The van der Waals surface area contributed by atoms with Crippen molar-refractivity contribution < 1.29 is 13.9 Å². The van der Waals surface area contributed by atoms with E-state index in [0.717, 1.165) is 5.39 Å². The van der Waals surface area contributed by atoms with Crippen LogP contribution in [0.25, 0.3) is 10.8 Å². The van der Waals surface area contributed by atoms with Gasteiger partial charge in [0.05, 0.1) is 5.41 Å². The molecule has 3 rings (SSSR count). The maximum absolute atomic E-state index is 13.7. The van der Waals surface area contributed by atoms with E-state index in [1.165, 1.54) is 6.07 Å². The Balaban J connectivity index is 2.32. The fourth-order valence-corrected chi connectivity index (χ4v) is 2.69. The smallest absolute Gasteiger partial charge is 0.260 e. The number of alkyl halides is 2. The van der Waals surface area contributed by atoms with Crippen molar-refractivity contribution in [1.82, 2.24) is 0 Å². The summed E-state index contributed by atoms with van der Waals surface area (Å²) in [5.74, 6) is -2.93. The first-order valence-electron chi connectivity index (χ1n) is 5.81. The summed E-state index contributed by atoms with van der Waals surface area (Å²) < 4.78 is 27.3. The van der Waals surface area contributed by atoms with Crippen molar-refractivity contribution in [3.63, 3.8) is 0 Å². The zero-order chi connectivity index (χ0) is 13.0. The normalized spacial score (nSPS) is 25.3. The van der Waals surface area contributed by atoms with Crippen molar-refractivity contribution in [2.75, 3.05) is 6.54 Å². The third kappa shape index (κ3) is 1.29. The number of hydrogen-bond donors (Lipinski definition) is 2. The highest BCUT2D eigenvalue weighted by atomic mass is 19.3. The molecule has 1 atom stereocenters. The Kier molecular flexibility index (Phi) is 2.17. The molecule has 0 bridgehead atoms. The van der Waals surface area contributed by atoms with Gasteiger partial charge in [0.1, 0.15) is 5.75 Å². The molecular weight excluding hydrogens is 236 g/mol. The van der Waals surface area contributed by atoms with Gasteiger partial charge in [0.2, 0.25) is 0 Å². The van der Waals surface area contributed by atoms with E-state index in [4.69, 9.17) is 5.73 Å². The molecule has 1 unspecified atom stereocenters. The number of phenolic OH excluding ortho intramolecular Hbond substituents is 1. The average molecular weight is 249 g/mol. The molecule has 4 heteroatoms. The van der Waals surface area contributed by atoms with Crippen LogP contribution in [0.15, 0.2) is 36.4 Å². The fraction of sp³-hybridized carbons (Fsp3) is 0.286. The predicted octanol–water partition coefficient (Wildman–Crippen LogP) is 2.78. The molecule has 0 aliphatic heterocycles. The number of phenols is 1. The summed E-state index contributed by atoms with van der Waals surface area (Å²) >= 11 is 0. The summed E-state index contributed by atoms with van der Waals surface area (Å²) in [5.41, 5.74) is 4.43. The Morgan fingerprint density at radius 2 is 1.83 bits per heavy atom. The van der Waals surface area contributed by atoms with Crippen LogP contribution in [0.1, 0.15) is 12.0 Å². The van der Waals surface area contributed by atoms with Crippen LogP contribution >= 0.6 is 0 Å². The van der Waals surface area contributed by atoms with Gasteiger partial charge in [-0.15, -0.1) is 0 Å². The van der Waals surface area contributed by atoms with Crippen LogP contribution in [0.5, 0.6) is 5.75 Å². The van der Waals surface area contributed by atoms with Gasteiger partial charge in [-0.1, -0.05) is 30.3 Å². The van der Waals surface area contributed by atoms with Gasteiger partial charge < -0.3 is 10.8 Å². The van der Waals surface area contributed by atoms with Gasteiger partial charge in [0, 0.05) is 18.5 Å². The Labute approximate surface area is 103 Å². The molecular formula is C14H13F2NO. The number of hydrogen-bond acceptors (Lipinski definition) is 2. The molecule has 2 aromatic carbocycles. The van der Waals surface area contributed by atoms with E-state index in [9.17, 15) is 13.9 Å². The molecule has 0 heterocycles.